The fourth-order valence-corrected chi connectivity index (χ4v) is 1.50. The van der Waals surface area contributed by atoms with E-state index in [1.165, 1.54) is 0 Å². The lowest BCUT2D eigenvalue weighted by atomic mass is 10.4. The summed E-state index contributed by atoms with van der Waals surface area (Å²) in [4.78, 5) is 23.0. The Labute approximate surface area is 100 Å². The summed E-state index contributed by atoms with van der Waals surface area (Å²) in [6, 6.07) is 3.41. The van der Waals surface area contributed by atoms with Crippen LogP contribution in [0, 0.1) is 6.92 Å². The van der Waals surface area contributed by atoms with Crippen molar-refractivity contribution in [2.45, 2.75) is 27.3 Å². The van der Waals surface area contributed by atoms with E-state index in [1.54, 1.807) is 30.5 Å². The van der Waals surface area contributed by atoms with E-state index in [0.29, 0.717) is 18.9 Å². The number of aryl methyl sites for hydroxylation is 1. The predicted octanol–water partition coefficient (Wildman–Crippen LogP) is 1.54. The van der Waals surface area contributed by atoms with Gasteiger partial charge in [-0.05, 0) is 32.9 Å². The molecule has 5 heteroatoms. The molecule has 0 N–H and O–H groups in total. The minimum Gasteiger partial charge on any atom is -0.465 e. The molecular weight excluding hydrogens is 222 g/mol. The van der Waals surface area contributed by atoms with Crippen molar-refractivity contribution in [2.24, 2.45) is 0 Å². The highest BCUT2D eigenvalue weighted by Gasteiger charge is 2.16. The fourth-order valence-electron chi connectivity index (χ4n) is 1.50. The van der Waals surface area contributed by atoms with Gasteiger partial charge in [-0.2, -0.15) is 0 Å². The molecule has 0 saturated heterocycles. The Hall–Kier alpha value is -1.78. The highest BCUT2D eigenvalue weighted by Crippen LogP contribution is 2.10. The molecule has 0 unspecified atom stereocenters. The van der Waals surface area contributed by atoms with Crippen LogP contribution < -0.4 is 0 Å². The van der Waals surface area contributed by atoms with Gasteiger partial charge in [-0.1, -0.05) is 0 Å². The maximum Gasteiger partial charge on any atom is 0.354 e. The van der Waals surface area contributed by atoms with Crippen LogP contribution in [0.2, 0.25) is 0 Å². The first kappa shape index (κ1) is 13.3. The zero-order chi connectivity index (χ0) is 12.8. The molecule has 0 saturated carbocycles. The van der Waals surface area contributed by atoms with Gasteiger partial charge in [0.1, 0.15) is 12.2 Å². The van der Waals surface area contributed by atoms with Gasteiger partial charge in [0.2, 0.25) is 0 Å². The molecule has 1 aromatic rings. The SMILES string of the molecule is CCOC(=O)Cn1c(C)ccc1C(=O)OCC. The van der Waals surface area contributed by atoms with E-state index in [4.69, 9.17) is 9.47 Å². The van der Waals surface area contributed by atoms with Crippen molar-refractivity contribution in [3.63, 3.8) is 0 Å². The molecule has 0 aliphatic rings. The monoisotopic (exact) mass is 239 g/mol. The van der Waals surface area contributed by atoms with Gasteiger partial charge in [-0.3, -0.25) is 4.79 Å². The van der Waals surface area contributed by atoms with Gasteiger partial charge >= 0.3 is 11.9 Å². The lowest BCUT2D eigenvalue weighted by Crippen LogP contribution is -2.19. The number of rotatable bonds is 5. The molecule has 1 aromatic heterocycles. The second-order valence-electron chi connectivity index (χ2n) is 3.47. The Morgan fingerprint density at radius 1 is 1.18 bits per heavy atom. The second kappa shape index (κ2) is 6.08. The van der Waals surface area contributed by atoms with Gasteiger partial charge in [0.25, 0.3) is 0 Å². The highest BCUT2D eigenvalue weighted by atomic mass is 16.5. The molecule has 1 rings (SSSR count). The van der Waals surface area contributed by atoms with E-state index in [2.05, 4.69) is 0 Å². The van der Waals surface area contributed by atoms with Crippen LogP contribution in [-0.4, -0.2) is 29.7 Å². The van der Waals surface area contributed by atoms with Gasteiger partial charge in [0.15, 0.2) is 0 Å². The third kappa shape index (κ3) is 3.34. The summed E-state index contributed by atoms with van der Waals surface area (Å²) in [5, 5.41) is 0. The zero-order valence-electron chi connectivity index (χ0n) is 10.4. The van der Waals surface area contributed by atoms with E-state index in [9.17, 15) is 9.59 Å². The summed E-state index contributed by atoms with van der Waals surface area (Å²) in [6.45, 7) is 5.97. The molecule has 5 nitrogen and oxygen atoms in total. The molecule has 0 bridgehead atoms. The average Bonchev–Trinajstić information content (AvgIpc) is 2.61. The number of nitrogens with zero attached hydrogens (tertiary/aromatic N) is 1. The molecular formula is C12H17NO4. The van der Waals surface area contributed by atoms with Gasteiger partial charge < -0.3 is 14.0 Å². The lowest BCUT2D eigenvalue weighted by Gasteiger charge is -2.10. The summed E-state index contributed by atoms with van der Waals surface area (Å²) >= 11 is 0. The van der Waals surface area contributed by atoms with Crippen molar-refractivity contribution in [2.75, 3.05) is 13.2 Å². The topological polar surface area (TPSA) is 57.5 Å². The number of hydrogen-bond donors (Lipinski definition) is 0. The van der Waals surface area contributed by atoms with E-state index in [0.717, 1.165) is 5.69 Å². The number of carbonyl (C=O) groups is 2. The van der Waals surface area contributed by atoms with Crippen LogP contribution >= 0.6 is 0 Å². The van der Waals surface area contributed by atoms with Crippen LogP contribution in [0.3, 0.4) is 0 Å². The van der Waals surface area contributed by atoms with Crippen LogP contribution in [0.5, 0.6) is 0 Å². The molecule has 0 fully saturated rings. The maximum atomic E-state index is 11.6. The molecule has 0 radical (unpaired) electrons. The zero-order valence-corrected chi connectivity index (χ0v) is 10.4. The standard InChI is InChI=1S/C12H17NO4/c1-4-16-11(14)8-13-9(3)6-7-10(13)12(15)17-5-2/h6-7H,4-5,8H2,1-3H3. The van der Waals surface area contributed by atoms with E-state index >= 15 is 0 Å². The molecule has 0 aromatic carbocycles. The summed E-state index contributed by atoms with van der Waals surface area (Å²) in [7, 11) is 0. The molecule has 0 aliphatic heterocycles. The minimum atomic E-state index is -0.426. The summed E-state index contributed by atoms with van der Waals surface area (Å²) in [5.74, 6) is -0.790. The summed E-state index contributed by atoms with van der Waals surface area (Å²) in [5.41, 5.74) is 1.19. The van der Waals surface area contributed by atoms with Crippen LogP contribution in [0.15, 0.2) is 12.1 Å². The Kier molecular flexibility index (Phi) is 4.75. The number of ether oxygens (including phenoxy) is 2. The van der Waals surface area contributed by atoms with Crippen molar-refractivity contribution in [3.8, 4) is 0 Å². The third-order valence-corrected chi connectivity index (χ3v) is 2.28. The summed E-state index contributed by atoms with van der Waals surface area (Å²) in [6.07, 6.45) is 0. The van der Waals surface area contributed by atoms with Crippen molar-refractivity contribution in [1.82, 2.24) is 4.57 Å². The largest absolute Gasteiger partial charge is 0.465 e. The number of aromatic nitrogens is 1. The van der Waals surface area contributed by atoms with Gasteiger partial charge in [-0.15, -0.1) is 0 Å². The molecule has 0 aliphatic carbocycles. The van der Waals surface area contributed by atoms with Gasteiger partial charge in [0, 0.05) is 5.69 Å². The van der Waals surface area contributed by atoms with Crippen LogP contribution in [0.25, 0.3) is 0 Å². The number of esters is 2. The smallest absolute Gasteiger partial charge is 0.354 e. The van der Waals surface area contributed by atoms with Crippen molar-refractivity contribution >= 4 is 11.9 Å². The van der Waals surface area contributed by atoms with Crippen LogP contribution in [-0.2, 0) is 20.8 Å². The lowest BCUT2D eigenvalue weighted by molar-refractivity contribution is -0.143. The fraction of sp³-hybridized carbons (Fsp3) is 0.500. The van der Waals surface area contributed by atoms with Gasteiger partial charge in [-0.25, -0.2) is 4.79 Å². The second-order valence-corrected chi connectivity index (χ2v) is 3.47. The average molecular weight is 239 g/mol. The molecule has 0 amide bonds. The van der Waals surface area contributed by atoms with Gasteiger partial charge in [0.05, 0.1) is 13.2 Å². The Bertz CT molecular complexity index is 409. The van der Waals surface area contributed by atoms with Crippen LogP contribution in [0.1, 0.15) is 30.0 Å². The number of carbonyl (C=O) groups excluding carboxylic acids is 2. The molecule has 0 spiro atoms. The van der Waals surface area contributed by atoms with Crippen molar-refractivity contribution in [3.05, 3.63) is 23.5 Å². The minimum absolute atomic E-state index is 0.0286. The molecule has 94 valence electrons. The van der Waals surface area contributed by atoms with E-state index < -0.39 is 5.97 Å². The van der Waals surface area contributed by atoms with E-state index in [-0.39, 0.29) is 12.5 Å². The molecule has 17 heavy (non-hydrogen) atoms. The quantitative estimate of drug-likeness (QED) is 0.731. The third-order valence-electron chi connectivity index (χ3n) is 2.28. The maximum absolute atomic E-state index is 11.6. The van der Waals surface area contributed by atoms with Crippen LogP contribution in [0.4, 0.5) is 0 Å². The summed E-state index contributed by atoms with van der Waals surface area (Å²) < 4.78 is 11.4. The van der Waals surface area contributed by atoms with Crippen molar-refractivity contribution in [1.29, 1.82) is 0 Å². The molecule has 0 atom stereocenters. The number of hydrogen-bond acceptors (Lipinski definition) is 4. The first-order valence-corrected chi connectivity index (χ1v) is 5.59. The molecule has 1 heterocycles. The predicted molar refractivity (Wildman–Crippen MR) is 61.8 cm³/mol. The Morgan fingerprint density at radius 3 is 2.41 bits per heavy atom. The van der Waals surface area contributed by atoms with E-state index in [1.807, 2.05) is 6.92 Å². The Morgan fingerprint density at radius 2 is 1.82 bits per heavy atom. The first-order chi connectivity index (χ1) is 8.10. The van der Waals surface area contributed by atoms with Crippen molar-refractivity contribution < 1.29 is 19.1 Å². The normalized spacial score (nSPS) is 10.1. The highest BCUT2D eigenvalue weighted by molar-refractivity contribution is 5.88. The Balaban J connectivity index is 2.86. The first-order valence-electron chi connectivity index (χ1n) is 5.59.